The number of H-pyrrole nitrogens is 1. The lowest BCUT2D eigenvalue weighted by Gasteiger charge is -2.37. The maximum atomic E-state index is 11.6. The molecule has 0 saturated heterocycles. The summed E-state index contributed by atoms with van der Waals surface area (Å²) in [5.74, 6) is 0. The molecule has 0 aliphatic carbocycles. The Hall–Kier alpha value is -3.19. The van der Waals surface area contributed by atoms with Gasteiger partial charge in [-0.1, -0.05) is 0 Å². The van der Waals surface area contributed by atoms with E-state index in [0.717, 1.165) is 22.9 Å². The van der Waals surface area contributed by atoms with E-state index in [1.165, 1.54) is 12.1 Å². The van der Waals surface area contributed by atoms with Crippen LogP contribution in [0.2, 0.25) is 0 Å². The van der Waals surface area contributed by atoms with Gasteiger partial charge in [0.25, 0.3) is 11.1 Å². The highest BCUT2D eigenvalue weighted by atomic mass is 16.8. The van der Waals surface area contributed by atoms with Gasteiger partial charge in [-0.2, -0.15) is 5.10 Å². The number of hydrogen-bond acceptors (Lipinski definition) is 10. The third-order valence-electron chi connectivity index (χ3n) is 3.36. The summed E-state index contributed by atoms with van der Waals surface area (Å²) in [7, 11) is 0. The Morgan fingerprint density at radius 2 is 2.00 bits per heavy atom. The SMILES string of the molecule is C/C(CCn1[nH]c(=O)ccc1=O)=N/Nc1ccc(N([O-])[O-])cc1N(O)O. The molecule has 26 heavy (non-hydrogen) atoms. The van der Waals surface area contributed by atoms with Crippen molar-refractivity contribution in [2.24, 2.45) is 5.10 Å². The lowest BCUT2D eigenvalue weighted by molar-refractivity contribution is 0.0295. The van der Waals surface area contributed by atoms with Crippen LogP contribution in [0.25, 0.3) is 0 Å². The highest BCUT2D eigenvalue weighted by Gasteiger charge is 2.08. The molecule has 0 fully saturated rings. The largest absolute Gasteiger partial charge is 0.769 e. The summed E-state index contributed by atoms with van der Waals surface area (Å²) in [6.07, 6.45) is 0.317. The number of nitrogens with zero attached hydrogens (tertiary/aromatic N) is 4. The maximum Gasteiger partial charge on any atom is 0.265 e. The van der Waals surface area contributed by atoms with Crippen LogP contribution in [0.5, 0.6) is 0 Å². The van der Waals surface area contributed by atoms with Gasteiger partial charge < -0.3 is 15.6 Å². The predicted octanol–water partition coefficient (Wildman–Crippen LogP) is 0.801. The molecular weight excluding hydrogens is 348 g/mol. The van der Waals surface area contributed by atoms with E-state index in [-0.39, 0.29) is 34.4 Å². The Balaban J connectivity index is 2.09. The van der Waals surface area contributed by atoms with Crippen LogP contribution in [0.3, 0.4) is 0 Å². The molecule has 0 saturated carbocycles. The number of aryl methyl sites for hydroxylation is 1. The van der Waals surface area contributed by atoms with Gasteiger partial charge in [0, 0.05) is 36.5 Å². The van der Waals surface area contributed by atoms with Crippen molar-refractivity contribution in [1.29, 1.82) is 0 Å². The summed E-state index contributed by atoms with van der Waals surface area (Å²) in [6.45, 7) is 1.84. The Morgan fingerprint density at radius 1 is 1.27 bits per heavy atom. The van der Waals surface area contributed by atoms with Crippen LogP contribution < -0.4 is 27.0 Å². The average molecular weight is 364 g/mol. The van der Waals surface area contributed by atoms with Crippen molar-refractivity contribution in [3.63, 3.8) is 0 Å². The molecule has 12 nitrogen and oxygen atoms in total. The maximum absolute atomic E-state index is 11.6. The fourth-order valence-corrected chi connectivity index (χ4v) is 2.01. The van der Waals surface area contributed by atoms with Crippen LogP contribution in [-0.2, 0) is 6.54 Å². The van der Waals surface area contributed by atoms with Crippen LogP contribution >= 0.6 is 0 Å². The molecule has 4 N–H and O–H groups in total. The summed E-state index contributed by atoms with van der Waals surface area (Å²) in [5.41, 5.74) is 1.86. The molecule has 2 aromatic rings. The van der Waals surface area contributed by atoms with Crippen LogP contribution in [0.4, 0.5) is 17.1 Å². The van der Waals surface area contributed by atoms with E-state index in [2.05, 4.69) is 15.6 Å². The average Bonchev–Trinajstić information content (AvgIpc) is 2.60. The fraction of sp³-hybridized carbons (Fsp3) is 0.214. The zero-order valence-corrected chi connectivity index (χ0v) is 13.6. The molecule has 0 amide bonds. The Kier molecular flexibility index (Phi) is 6.08. The third-order valence-corrected chi connectivity index (χ3v) is 3.36. The number of nitrogens with one attached hydrogen (secondary N) is 2. The van der Waals surface area contributed by atoms with Gasteiger partial charge in [0.2, 0.25) is 0 Å². The monoisotopic (exact) mass is 364 g/mol. The minimum Gasteiger partial charge on any atom is -0.769 e. The fourth-order valence-electron chi connectivity index (χ4n) is 2.01. The molecule has 1 heterocycles. The molecule has 0 aliphatic rings. The number of hydrogen-bond donors (Lipinski definition) is 4. The summed E-state index contributed by atoms with van der Waals surface area (Å²) < 4.78 is 1.14. The molecule has 1 aromatic carbocycles. The molecule has 2 rings (SSSR count). The highest BCUT2D eigenvalue weighted by molar-refractivity contribution is 5.83. The summed E-state index contributed by atoms with van der Waals surface area (Å²) >= 11 is 0. The Labute approximate surface area is 146 Å². The van der Waals surface area contributed by atoms with Gasteiger partial charge in [0.1, 0.15) is 5.69 Å². The van der Waals surface area contributed by atoms with Crippen molar-refractivity contribution in [2.45, 2.75) is 19.9 Å². The van der Waals surface area contributed by atoms with E-state index in [9.17, 15) is 30.4 Å². The first kappa shape index (κ1) is 19.1. The van der Waals surface area contributed by atoms with Crippen molar-refractivity contribution in [3.8, 4) is 0 Å². The molecule has 1 aromatic heterocycles. The standard InChI is InChI=1S/C14H16N6O6/c1-9(6-7-18-14(22)5-4-13(21)17-18)15-16-11-3-2-10(19(23)24)8-12(11)20(25)26/h2-5,8,16,25-26H,6-7H2,1H3,(H,17,21)/q-2/b15-9-. The number of aromatic nitrogens is 2. The quantitative estimate of drug-likeness (QED) is 0.409. The predicted molar refractivity (Wildman–Crippen MR) is 94.4 cm³/mol. The molecule has 0 aliphatic heterocycles. The van der Waals surface area contributed by atoms with Gasteiger partial charge >= 0.3 is 0 Å². The molecular formula is C14H16N6O6-2. The molecule has 0 unspecified atom stereocenters. The van der Waals surface area contributed by atoms with Crippen molar-refractivity contribution < 1.29 is 10.4 Å². The second kappa shape index (κ2) is 8.26. The normalized spacial score (nSPS) is 11.3. The third kappa shape index (κ3) is 4.90. The van der Waals surface area contributed by atoms with E-state index in [4.69, 9.17) is 0 Å². The van der Waals surface area contributed by atoms with Crippen LogP contribution in [0, 0.1) is 10.4 Å². The van der Waals surface area contributed by atoms with Crippen LogP contribution in [-0.4, -0.2) is 25.9 Å². The second-order valence-corrected chi connectivity index (χ2v) is 5.26. The molecule has 0 spiro atoms. The molecule has 140 valence electrons. The lowest BCUT2D eigenvalue weighted by Crippen LogP contribution is -2.28. The number of hydrazone groups is 1. The van der Waals surface area contributed by atoms with Gasteiger partial charge in [-0.25, -0.2) is 4.68 Å². The molecule has 12 heteroatoms. The molecule has 0 bridgehead atoms. The molecule has 0 atom stereocenters. The summed E-state index contributed by atoms with van der Waals surface area (Å²) in [6, 6.07) is 5.69. The number of aromatic amines is 1. The van der Waals surface area contributed by atoms with Crippen LogP contribution in [0.1, 0.15) is 13.3 Å². The van der Waals surface area contributed by atoms with Gasteiger partial charge in [-0.05, 0) is 25.1 Å². The summed E-state index contributed by atoms with van der Waals surface area (Å²) in [4.78, 5) is 22.8. The lowest BCUT2D eigenvalue weighted by atomic mass is 10.2. The van der Waals surface area contributed by atoms with Crippen molar-refractivity contribution >= 4 is 22.8 Å². The Morgan fingerprint density at radius 3 is 2.65 bits per heavy atom. The van der Waals surface area contributed by atoms with Gasteiger partial charge in [-0.15, -0.1) is 5.23 Å². The highest BCUT2D eigenvalue weighted by Crippen LogP contribution is 2.29. The van der Waals surface area contributed by atoms with E-state index < -0.39 is 10.8 Å². The van der Waals surface area contributed by atoms with E-state index in [1.54, 1.807) is 6.92 Å². The van der Waals surface area contributed by atoms with Gasteiger partial charge in [-0.3, -0.25) is 30.5 Å². The van der Waals surface area contributed by atoms with Crippen molar-refractivity contribution in [2.75, 3.05) is 15.9 Å². The topological polar surface area (TPSA) is 172 Å². The van der Waals surface area contributed by atoms with Crippen LogP contribution in [0.15, 0.2) is 45.0 Å². The smallest absolute Gasteiger partial charge is 0.265 e. The molecule has 0 radical (unpaired) electrons. The zero-order valence-electron chi connectivity index (χ0n) is 13.6. The van der Waals surface area contributed by atoms with Gasteiger partial charge in [0.05, 0.1) is 5.69 Å². The minimum atomic E-state index is -0.677. The zero-order chi connectivity index (χ0) is 19.3. The first-order valence-electron chi connectivity index (χ1n) is 7.33. The van der Waals surface area contributed by atoms with Gasteiger partial charge in [0.15, 0.2) is 0 Å². The number of rotatable bonds is 7. The van der Waals surface area contributed by atoms with E-state index >= 15 is 0 Å². The second-order valence-electron chi connectivity index (χ2n) is 5.26. The Bertz CT molecular complexity index is 903. The minimum absolute atomic E-state index is 0.116. The summed E-state index contributed by atoms with van der Waals surface area (Å²) in [5, 5.41) is 45.3. The number of benzene rings is 1. The van der Waals surface area contributed by atoms with E-state index in [0.29, 0.717) is 12.1 Å². The first-order valence-corrected chi connectivity index (χ1v) is 7.33. The number of anilines is 3. The van der Waals surface area contributed by atoms with E-state index in [1.807, 2.05) is 0 Å². The van der Waals surface area contributed by atoms with Crippen molar-refractivity contribution in [3.05, 3.63) is 61.5 Å². The first-order chi connectivity index (χ1) is 12.3. The van der Waals surface area contributed by atoms with Crippen molar-refractivity contribution in [1.82, 2.24) is 9.78 Å².